The average molecular weight is 243 g/mol. The quantitative estimate of drug-likeness (QED) is 0.311. The summed E-state index contributed by atoms with van der Waals surface area (Å²) in [5, 5.41) is 0. The summed E-state index contributed by atoms with van der Waals surface area (Å²) in [5.74, 6) is 4.94. The average Bonchev–Trinajstić information content (AvgIpc) is 2.27. The lowest BCUT2D eigenvalue weighted by atomic mass is 10.1. The zero-order valence-corrected chi connectivity index (χ0v) is 11.0. The summed E-state index contributed by atoms with van der Waals surface area (Å²) < 4.78 is 5.66. The molecule has 1 aliphatic rings. The fourth-order valence-corrected chi connectivity index (χ4v) is 2.18. The SMILES string of the molecule is CC1(C)CN(CCCCCC(=O)NN)CCO1. The Balaban J connectivity index is 2.04. The summed E-state index contributed by atoms with van der Waals surface area (Å²) in [6.45, 7) is 8.19. The lowest BCUT2D eigenvalue weighted by Gasteiger charge is -2.38. The van der Waals surface area contributed by atoms with E-state index in [-0.39, 0.29) is 11.5 Å². The molecule has 17 heavy (non-hydrogen) atoms. The van der Waals surface area contributed by atoms with Crippen LogP contribution in [0, 0.1) is 0 Å². The Morgan fingerprint density at radius 2 is 2.18 bits per heavy atom. The van der Waals surface area contributed by atoms with Crippen LogP contribution in [0.1, 0.15) is 39.5 Å². The van der Waals surface area contributed by atoms with Gasteiger partial charge in [0.25, 0.3) is 0 Å². The Labute approximate surface area is 104 Å². The number of amides is 1. The van der Waals surface area contributed by atoms with Crippen LogP contribution in [0.15, 0.2) is 0 Å². The van der Waals surface area contributed by atoms with Gasteiger partial charge in [0.1, 0.15) is 0 Å². The highest BCUT2D eigenvalue weighted by atomic mass is 16.5. The van der Waals surface area contributed by atoms with Crippen molar-refractivity contribution >= 4 is 5.91 Å². The molecule has 0 aromatic heterocycles. The van der Waals surface area contributed by atoms with Crippen LogP contribution >= 0.6 is 0 Å². The van der Waals surface area contributed by atoms with Gasteiger partial charge in [0.05, 0.1) is 12.2 Å². The summed E-state index contributed by atoms with van der Waals surface area (Å²) in [6, 6.07) is 0. The number of morpholine rings is 1. The first-order chi connectivity index (χ1) is 8.03. The minimum Gasteiger partial charge on any atom is -0.373 e. The number of carbonyl (C=O) groups is 1. The molecule has 0 saturated carbocycles. The van der Waals surface area contributed by atoms with Gasteiger partial charge in [-0.05, 0) is 33.2 Å². The van der Waals surface area contributed by atoms with Crippen molar-refractivity contribution in [1.82, 2.24) is 10.3 Å². The van der Waals surface area contributed by atoms with Crippen molar-refractivity contribution in [2.24, 2.45) is 5.84 Å². The number of rotatable bonds is 6. The van der Waals surface area contributed by atoms with Crippen LogP contribution in [-0.2, 0) is 9.53 Å². The van der Waals surface area contributed by atoms with E-state index in [2.05, 4.69) is 24.2 Å². The second kappa shape index (κ2) is 6.93. The van der Waals surface area contributed by atoms with Crippen molar-refractivity contribution in [3.63, 3.8) is 0 Å². The van der Waals surface area contributed by atoms with Crippen molar-refractivity contribution in [2.45, 2.75) is 45.1 Å². The van der Waals surface area contributed by atoms with Crippen molar-refractivity contribution in [3.8, 4) is 0 Å². The van der Waals surface area contributed by atoms with Gasteiger partial charge in [0, 0.05) is 19.5 Å². The van der Waals surface area contributed by atoms with E-state index in [9.17, 15) is 4.79 Å². The standard InChI is InChI=1S/C12H25N3O2/c1-12(2)10-15(8-9-17-12)7-5-3-4-6-11(16)14-13/h3-10,13H2,1-2H3,(H,14,16). The van der Waals surface area contributed by atoms with E-state index < -0.39 is 0 Å². The van der Waals surface area contributed by atoms with Crippen molar-refractivity contribution in [1.29, 1.82) is 0 Å². The Bertz CT molecular complexity index is 244. The van der Waals surface area contributed by atoms with Gasteiger partial charge in [-0.1, -0.05) is 6.42 Å². The van der Waals surface area contributed by atoms with Gasteiger partial charge in [0.2, 0.25) is 5.91 Å². The first kappa shape index (κ1) is 14.4. The number of carbonyl (C=O) groups excluding carboxylic acids is 1. The van der Waals surface area contributed by atoms with E-state index in [1.807, 2.05) is 0 Å². The molecule has 0 bridgehead atoms. The summed E-state index contributed by atoms with van der Waals surface area (Å²) in [7, 11) is 0. The normalized spacial score (nSPS) is 20.2. The molecule has 0 radical (unpaired) electrons. The van der Waals surface area contributed by atoms with Crippen LogP contribution in [0.4, 0.5) is 0 Å². The van der Waals surface area contributed by atoms with E-state index in [0.717, 1.165) is 45.5 Å². The van der Waals surface area contributed by atoms with Crippen LogP contribution < -0.4 is 11.3 Å². The van der Waals surface area contributed by atoms with E-state index in [4.69, 9.17) is 10.6 Å². The minimum absolute atomic E-state index is 0.0162. The van der Waals surface area contributed by atoms with Gasteiger partial charge in [-0.3, -0.25) is 15.1 Å². The van der Waals surface area contributed by atoms with E-state index in [0.29, 0.717) is 6.42 Å². The third-order valence-corrected chi connectivity index (χ3v) is 3.04. The van der Waals surface area contributed by atoms with Gasteiger partial charge in [-0.25, -0.2) is 5.84 Å². The molecule has 5 heteroatoms. The monoisotopic (exact) mass is 243 g/mol. The van der Waals surface area contributed by atoms with Crippen molar-refractivity contribution in [2.75, 3.05) is 26.2 Å². The van der Waals surface area contributed by atoms with E-state index in [1.165, 1.54) is 0 Å². The Kier molecular flexibility index (Phi) is 5.88. The molecule has 1 aliphatic heterocycles. The van der Waals surface area contributed by atoms with Crippen LogP contribution in [0.2, 0.25) is 0 Å². The summed E-state index contributed by atoms with van der Waals surface area (Å²) >= 11 is 0. The van der Waals surface area contributed by atoms with E-state index in [1.54, 1.807) is 0 Å². The molecule has 3 N–H and O–H groups in total. The maximum atomic E-state index is 10.9. The second-order valence-electron chi connectivity index (χ2n) is 5.26. The lowest BCUT2D eigenvalue weighted by molar-refractivity contribution is -0.121. The number of nitrogens with one attached hydrogen (secondary N) is 1. The van der Waals surface area contributed by atoms with E-state index >= 15 is 0 Å². The number of nitrogens with two attached hydrogens (primary N) is 1. The Hall–Kier alpha value is -0.650. The maximum absolute atomic E-state index is 10.9. The molecule has 0 aliphatic carbocycles. The molecular weight excluding hydrogens is 218 g/mol. The minimum atomic E-state index is -0.0718. The highest BCUT2D eigenvalue weighted by Gasteiger charge is 2.26. The molecule has 100 valence electrons. The smallest absolute Gasteiger partial charge is 0.233 e. The number of ether oxygens (including phenoxy) is 1. The number of unbranched alkanes of at least 4 members (excludes halogenated alkanes) is 2. The zero-order valence-electron chi connectivity index (χ0n) is 11.0. The molecule has 1 amide bonds. The van der Waals surface area contributed by atoms with Crippen LogP contribution in [0.5, 0.6) is 0 Å². The third kappa shape index (κ3) is 6.00. The maximum Gasteiger partial charge on any atom is 0.233 e. The largest absolute Gasteiger partial charge is 0.373 e. The molecule has 0 spiro atoms. The molecular formula is C12H25N3O2. The number of nitrogens with zero attached hydrogens (tertiary/aromatic N) is 1. The van der Waals surface area contributed by atoms with Gasteiger partial charge in [-0.2, -0.15) is 0 Å². The van der Waals surface area contributed by atoms with Crippen LogP contribution in [0.3, 0.4) is 0 Å². The van der Waals surface area contributed by atoms with Gasteiger partial charge in [-0.15, -0.1) is 0 Å². The highest BCUT2D eigenvalue weighted by Crippen LogP contribution is 2.16. The molecule has 0 aromatic rings. The number of hydrogen-bond acceptors (Lipinski definition) is 4. The van der Waals surface area contributed by atoms with Crippen molar-refractivity contribution in [3.05, 3.63) is 0 Å². The molecule has 1 fully saturated rings. The Morgan fingerprint density at radius 1 is 1.41 bits per heavy atom. The van der Waals surface area contributed by atoms with Crippen LogP contribution in [0.25, 0.3) is 0 Å². The first-order valence-corrected chi connectivity index (χ1v) is 6.39. The predicted molar refractivity (Wildman–Crippen MR) is 67.3 cm³/mol. The lowest BCUT2D eigenvalue weighted by Crippen LogP contribution is -2.48. The van der Waals surface area contributed by atoms with Gasteiger partial charge < -0.3 is 4.74 Å². The summed E-state index contributed by atoms with van der Waals surface area (Å²) in [6.07, 6.45) is 3.65. The molecule has 5 nitrogen and oxygen atoms in total. The Morgan fingerprint density at radius 3 is 2.82 bits per heavy atom. The van der Waals surface area contributed by atoms with Crippen molar-refractivity contribution < 1.29 is 9.53 Å². The molecule has 0 unspecified atom stereocenters. The predicted octanol–water partition coefficient (Wildman–Crippen LogP) is 0.648. The molecule has 0 atom stereocenters. The van der Waals surface area contributed by atoms with Gasteiger partial charge >= 0.3 is 0 Å². The molecule has 1 heterocycles. The number of hydrogen-bond donors (Lipinski definition) is 2. The fourth-order valence-electron chi connectivity index (χ4n) is 2.18. The first-order valence-electron chi connectivity index (χ1n) is 6.39. The zero-order chi connectivity index (χ0) is 12.7. The van der Waals surface area contributed by atoms with Crippen LogP contribution in [-0.4, -0.2) is 42.6 Å². The molecule has 0 aromatic carbocycles. The summed E-state index contributed by atoms with van der Waals surface area (Å²) in [4.78, 5) is 13.3. The molecule has 1 rings (SSSR count). The highest BCUT2D eigenvalue weighted by molar-refractivity contribution is 5.74. The topological polar surface area (TPSA) is 67.6 Å². The fraction of sp³-hybridized carbons (Fsp3) is 0.917. The summed E-state index contributed by atoms with van der Waals surface area (Å²) in [5.41, 5.74) is 2.13. The second-order valence-corrected chi connectivity index (χ2v) is 5.26. The third-order valence-electron chi connectivity index (χ3n) is 3.04. The number of hydrazine groups is 1. The van der Waals surface area contributed by atoms with Gasteiger partial charge in [0.15, 0.2) is 0 Å². The molecule has 1 saturated heterocycles.